The maximum atomic E-state index is 12.9. The lowest BCUT2D eigenvalue weighted by Crippen LogP contribution is -2.22. The lowest BCUT2D eigenvalue weighted by atomic mass is 10.2. The van der Waals surface area contributed by atoms with Crippen molar-refractivity contribution in [3.05, 3.63) is 69.1 Å². The predicted octanol–water partition coefficient (Wildman–Crippen LogP) is 4.57. The van der Waals surface area contributed by atoms with E-state index in [0.29, 0.717) is 12.3 Å². The van der Waals surface area contributed by atoms with Crippen LogP contribution in [0.4, 0.5) is 0 Å². The summed E-state index contributed by atoms with van der Waals surface area (Å²) in [6.45, 7) is 6.63. The van der Waals surface area contributed by atoms with Crippen LogP contribution < -0.4 is 5.56 Å². The second kappa shape index (κ2) is 7.32. The van der Waals surface area contributed by atoms with Crippen LogP contribution in [0.5, 0.6) is 0 Å². The Bertz CT molecular complexity index is 1160. The van der Waals surface area contributed by atoms with Crippen LogP contribution in [-0.2, 0) is 12.3 Å². The monoisotopic (exact) mass is 396 g/mol. The van der Waals surface area contributed by atoms with Gasteiger partial charge in [0.2, 0.25) is 0 Å². The van der Waals surface area contributed by atoms with Gasteiger partial charge in [-0.05, 0) is 44.5 Å². The Morgan fingerprint density at radius 3 is 2.67 bits per heavy atom. The Balaban J connectivity index is 1.63. The fourth-order valence-electron chi connectivity index (χ4n) is 3.00. The van der Waals surface area contributed by atoms with Gasteiger partial charge in [0.25, 0.3) is 5.56 Å². The number of para-hydroxylation sites is 1. The van der Waals surface area contributed by atoms with Gasteiger partial charge in [0, 0.05) is 23.4 Å². The maximum Gasteiger partial charge on any atom is 0.263 e. The second-order valence-electron chi connectivity index (χ2n) is 6.28. The molecule has 3 heterocycles. The fourth-order valence-corrected chi connectivity index (χ4v) is 5.03. The van der Waals surface area contributed by atoms with Crippen LogP contribution in [-0.4, -0.2) is 19.3 Å². The Hall–Kier alpha value is -2.38. The van der Waals surface area contributed by atoms with Crippen molar-refractivity contribution in [1.29, 1.82) is 0 Å². The molecule has 0 unspecified atom stereocenters. The van der Waals surface area contributed by atoms with Crippen molar-refractivity contribution in [2.75, 3.05) is 0 Å². The number of hydrogen-bond donors (Lipinski definition) is 0. The van der Waals surface area contributed by atoms with Crippen LogP contribution in [0.3, 0.4) is 0 Å². The minimum atomic E-state index is 0.0571. The number of hydrogen-bond acceptors (Lipinski definition) is 5. The summed E-state index contributed by atoms with van der Waals surface area (Å²) in [7, 11) is 0. The highest BCUT2D eigenvalue weighted by atomic mass is 32.2. The smallest absolute Gasteiger partial charge is 0.263 e. The van der Waals surface area contributed by atoms with E-state index in [-0.39, 0.29) is 5.56 Å². The number of thiophene rings is 1. The van der Waals surface area contributed by atoms with E-state index >= 15 is 0 Å². The number of fused-ring (bicyclic) bond motifs is 1. The largest absolute Gasteiger partial charge is 0.287 e. The van der Waals surface area contributed by atoms with Gasteiger partial charge in [0.05, 0.1) is 16.8 Å². The number of benzene rings is 1. The molecule has 3 aromatic heterocycles. The van der Waals surface area contributed by atoms with Gasteiger partial charge in [-0.2, -0.15) is 5.10 Å². The van der Waals surface area contributed by atoms with E-state index in [4.69, 9.17) is 4.98 Å². The zero-order valence-corrected chi connectivity index (χ0v) is 17.1. The van der Waals surface area contributed by atoms with Crippen LogP contribution in [0.2, 0.25) is 0 Å². The van der Waals surface area contributed by atoms with Crippen LogP contribution in [0, 0.1) is 13.8 Å². The lowest BCUT2D eigenvalue weighted by Gasteiger charge is -2.09. The third kappa shape index (κ3) is 3.33. The predicted molar refractivity (Wildman–Crippen MR) is 112 cm³/mol. The van der Waals surface area contributed by atoms with Crippen molar-refractivity contribution >= 4 is 33.3 Å². The maximum absolute atomic E-state index is 12.9. The third-order valence-corrected chi connectivity index (χ3v) is 6.70. The molecule has 0 aliphatic rings. The van der Waals surface area contributed by atoms with Crippen molar-refractivity contribution in [3.8, 4) is 5.69 Å². The molecule has 0 aliphatic heterocycles. The quantitative estimate of drug-likeness (QED) is 0.366. The van der Waals surface area contributed by atoms with E-state index in [9.17, 15) is 4.79 Å². The summed E-state index contributed by atoms with van der Waals surface area (Å²) >= 11 is 3.15. The number of thioether (sulfide) groups is 1. The molecule has 0 amide bonds. The van der Waals surface area contributed by atoms with Gasteiger partial charge in [-0.15, -0.1) is 11.3 Å². The zero-order chi connectivity index (χ0) is 19.0. The molecular weight excluding hydrogens is 376 g/mol. The van der Waals surface area contributed by atoms with E-state index in [1.807, 2.05) is 68.0 Å². The molecule has 7 heteroatoms. The molecule has 27 heavy (non-hydrogen) atoms. The first-order chi connectivity index (χ1) is 13.1. The molecule has 138 valence electrons. The summed E-state index contributed by atoms with van der Waals surface area (Å²) in [6.07, 6.45) is 1.96. The van der Waals surface area contributed by atoms with E-state index in [0.717, 1.165) is 37.2 Å². The summed E-state index contributed by atoms with van der Waals surface area (Å²) in [5.74, 6) is 0.668. The molecule has 0 atom stereocenters. The van der Waals surface area contributed by atoms with Crippen molar-refractivity contribution < 1.29 is 0 Å². The van der Waals surface area contributed by atoms with Crippen molar-refractivity contribution in [2.45, 2.75) is 38.2 Å². The van der Waals surface area contributed by atoms with E-state index in [1.165, 1.54) is 0 Å². The lowest BCUT2D eigenvalue weighted by molar-refractivity contribution is 0.635. The highest BCUT2D eigenvalue weighted by Crippen LogP contribution is 2.29. The molecule has 0 spiro atoms. The van der Waals surface area contributed by atoms with Gasteiger partial charge >= 0.3 is 0 Å². The average Bonchev–Trinajstić information content (AvgIpc) is 3.26. The number of nitrogens with zero attached hydrogens (tertiary/aromatic N) is 4. The van der Waals surface area contributed by atoms with Crippen LogP contribution in [0.15, 0.2) is 52.5 Å². The Kier molecular flexibility index (Phi) is 4.88. The first kappa shape index (κ1) is 18.0. The van der Waals surface area contributed by atoms with Gasteiger partial charge in [-0.1, -0.05) is 30.0 Å². The molecule has 0 saturated carbocycles. The normalized spacial score (nSPS) is 11.4. The molecule has 0 radical (unpaired) electrons. The Labute approximate surface area is 165 Å². The molecule has 0 fully saturated rings. The molecule has 0 bridgehead atoms. The van der Waals surface area contributed by atoms with E-state index < -0.39 is 0 Å². The van der Waals surface area contributed by atoms with Gasteiger partial charge < -0.3 is 0 Å². The number of aromatic nitrogens is 4. The molecule has 0 saturated heterocycles. The fraction of sp³-hybridized carbons (Fsp3) is 0.250. The summed E-state index contributed by atoms with van der Waals surface area (Å²) in [5.41, 5.74) is 3.09. The van der Waals surface area contributed by atoms with E-state index in [1.54, 1.807) is 27.7 Å². The Morgan fingerprint density at radius 1 is 1.15 bits per heavy atom. The van der Waals surface area contributed by atoms with Crippen LogP contribution in [0.25, 0.3) is 15.9 Å². The molecule has 0 N–H and O–H groups in total. The second-order valence-corrected chi connectivity index (χ2v) is 8.43. The van der Waals surface area contributed by atoms with E-state index in [2.05, 4.69) is 5.10 Å². The molecule has 5 nitrogen and oxygen atoms in total. The van der Waals surface area contributed by atoms with Crippen LogP contribution in [0.1, 0.15) is 23.1 Å². The minimum Gasteiger partial charge on any atom is -0.287 e. The summed E-state index contributed by atoms with van der Waals surface area (Å²) in [5, 5.41) is 6.15. The highest BCUT2D eigenvalue weighted by Gasteiger charge is 2.16. The van der Waals surface area contributed by atoms with Crippen molar-refractivity contribution in [3.63, 3.8) is 0 Å². The minimum absolute atomic E-state index is 0.0571. The average molecular weight is 397 g/mol. The van der Waals surface area contributed by atoms with Gasteiger partial charge in [0.1, 0.15) is 4.83 Å². The van der Waals surface area contributed by atoms with Gasteiger partial charge in [-0.3, -0.25) is 9.36 Å². The van der Waals surface area contributed by atoms with Gasteiger partial charge in [0.15, 0.2) is 5.16 Å². The number of rotatable bonds is 5. The first-order valence-corrected chi connectivity index (χ1v) is 10.6. The molecule has 0 aliphatic carbocycles. The van der Waals surface area contributed by atoms with Crippen LogP contribution >= 0.6 is 23.1 Å². The van der Waals surface area contributed by atoms with Crippen molar-refractivity contribution in [1.82, 2.24) is 19.3 Å². The van der Waals surface area contributed by atoms with Crippen molar-refractivity contribution in [2.24, 2.45) is 0 Å². The molecule has 1 aromatic carbocycles. The Morgan fingerprint density at radius 2 is 1.93 bits per heavy atom. The molecular formula is C20H20N4OS2. The summed E-state index contributed by atoms with van der Waals surface area (Å²) in [6, 6.07) is 12.0. The SMILES string of the molecule is CCn1c(SCc2ccn(-c3ccccc3)n2)nc2sc(C)c(C)c2c1=O. The first-order valence-electron chi connectivity index (χ1n) is 8.81. The number of aryl methyl sites for hydroxylation is 2. The zero-order valence-electron chi connectivity index (χ0n) is 15.5. The van der Waals surface area contributed by atoms with Gasteiger partial charge in [-0.25, -0.2) is 9.67 Å². The molecule has 4 aromatic rings. The third-order valence-electron chi connectivity index (χ3n) is 4.58. The summed E-state index contributed by atoms with van der Waals surface area (Å²) < 4.78 is 3.63. The highest BCUT2D eigenvalue weighted by molar-refractivity contribution is 7.98. The standard InChI is InChI=1S/C20H20N4OS2/c1-4-23-19(25)17-13(2)14(3)27-18(17)21-20(23)26-12-15-10-11-24(22-15)16-8-6-5-7-9-16/h5-11H,4,12H2,1-3H3. The summed E-state index contributed by atoms with van der Waals surface area (Å²) in [4.78, 5) is 19.7. The topological polar surface area (TPSA) is 52.7 Å². The molecule has 4 rings (SSSR count).